The number of hydrogen-bond acceptors (Lipinski definition) is 2. The number of hydrogen-bond donors (Lipinski definition) is 0. The van der Waals surface area contributed by atoms with Crippen LogP contribution in [0.4, 0.5) is 0 Å². The molecule has 1 aromatic carbocycles. The van der Waals surface area contributed by atoms with Crippen LogP contribution in [0.3, 0.4) is 0 Å². The maximum atomic E-state index is 4.43. The summed E-state index contributed by atoms with van der Waals surface area (Å²) >= 11 is 0. The van der Waals surface area contributed by atoms with Gasteiger partial charge in [-0.15, -0.1) is 0 Å². The van der Waals surface area contributed by atoms with Crippen LogP contribution in [-0.4, -0.2) is 28.5 Å². The van der Waals surface area contributed by atoms with Crippen LogP contribution in [0.5, 0.6) is 0 Å². The van der Waals surface area contributed by atoms with Gasteiger partial charge in [-0.2, -0.15) is 0 Å². The highest BCUT2D eigenvalue weighted by molar-refractivity contribution is 5.85. The molecule has 0 aliphatic carbocycles. The van der Waals surface area contributed by atoms with Crippen LogP contribution in [-0.2, 0) is 0 Å². The van der Waals surface area contributed by atoms with Gasteiger partial charge in [-0.05, 0) is 50.7 Å². The first-order valence-electron chi connectivity index (χ1n) is 6.85. The topological polar surface area (TPSA) is 21.1 Å². The van der Waals surface area contributed by atoms with E-state index >= 15 is 0 Å². The number of rotatable bonds is 3. The molecule has 0 N–H and O–H groups in total. The largest absolute Gasteiger partial charge is 0.332 e. The molecule has 3 aromatic rings. The van der Waals surface area contributed by atoms with Gasteiger partial charge in [0.05, 0.1) is 11.9 Å². The lowest BCUT2D eigenvalue weighted by Crippen LogP contribution is -2.22. The summed E-state index contributed by atoms with van der Waals surface area (Å²) in [5, 5.41) is 1.26. The highest BCUT2D eigenvalue weighted by Crippen LogP contribution is 2.26. The molecule has 102 valence electrons. The Morgan fingerprint density at radius 3 is 2.65 bits per heavy atom. The molecule has 0 saturated carbocycles. The average Bonchev–Trinajstić information content (AvgIpc) is 2.90. The van der Waals surface area contributed by atoms with Gasteiger partial charge in [0.1, 0.15) is 0 Å². The van der Waals surface area contributed by atoms with Crippen LogP contribution >= 0.6 is 0 Å². The Kier molecular flexibility index (Phi) is 3.28. The van der Waals surface area contributed by atoms with Crippen LogP contribution in [0.15, 0.2) is 54.9 Å². The summed E-state index contributed by atoms with van der Waals surface area (Å²) in [5.41, 5.74) is 3.41. The lowest BCUT2D eigenvalue weighted by molar-refractivity contribution is 0.244. The van der Waals surface area contributed by atoms with Crippen molar-refractivity contribution >= 4 is 10.9 Å². The van der Waals surface area contributed by atoms with E-state index in [4.69, 9.17) is 0 Å². The summed E-state index contributed by atoms with van der Waals surface area (Å²) in [4.78, 5) is 6.63. The van der Waals surface area contributed by atoms with Crippen molar-refractivity contribution in [3.05, 3.63) is 54.9 Å². The van der Waals surface area contributed by atoms with E-state index in [2.05, 4.69) is 65.9 Å². The van der Waals surface area contributed by atoms with Crippen molar-refractivity contribution in [2.75, 3.05) is 14.1 Å². The molecule has 2 heterocycles. The third-order valence-electron chi connectivity index (χ3n) is 3.83. The Hall–Kier alpha value is -2.13. The molecule has 1 unspecified atom stereocenters. The van der Waals surface area contributed by atoms with Crippen LogP contribution < -0.4 is 0 Å². The summed E-state index contributed by atoms with van der Waals surface area (Å²) in [6.45, 7) is 2.20. The van der Waals surface area contributed by atoms with Crippen LogP contribution in [0.1, 0.15) is 13.1 Å². The normalized spacial score (nSPS) is 13.0. The zero-order valence-corrected chi connectivity index (χ0v) is 12.1. The molecule has 0 amide bonds. The standard InChI is InChI=1S/C17H19N3/c1-13(19(2)3)20-11-9-14-7-8-15(12-17(14)20)16-6-4-5-10-18-16/h4-13H,1-3H3. The number of nitrogens with zero attached hydrogens (tertiary/aromatic N) is 3. The zero-order chi connectivity index (χ0) is 14.1. The second-order valence-electron chi connectivity index (χ2n) is 5.31. The lowest BCUT2D eigenvalue weighted by atomic mass is 10.1. The maximum Gasteiger partial charge on any atom is 0.0830 e. The molecule has 0 spiro atoms. The van der Waals surface area contributed by atoms with Gasteiger partial charge in [0.25, 0.3) is 0 Å². The Morgan fingerprint density at radius 2 is 1.95 bits per heavy atom. The molecular weight excluding hydrogens is 246 g/mol. The molecule has 0 radical (unpaired) electrons. The van der Waals surface area contributed by atoms with E-state index in [1.165, 1.54) is 10.9 Å². The Morgan fingerprint density at radius 1 is 1.10 bits per heavy atom. The molecule has 3 heteroatoms. The molecule has 1 atom stereocenters. The zero-order valence-electron chi connectivity index (χ0n) is 12.1. The molecular formula is C17H19N3. The summed E-state index contributed by atoms with van der Waals surface area (Å²) in [5.74, 6) is 0. The third kappa shape index (κ3) is 2.21. The summed E-state index contributed by atoms with van der Waals surface area (Å²) in [7, 11) is 4.19. The lowest BCUT2D eigenvalue weighted by Gasteiger charge is -2.22. The van der Waals surface area contributed by atoms with Crippen LogP contribution in [0.25, 0.3) is 22.2 Å². The van der Waals surface area contributed by atoms with Gasteiger partial charge in [-0.3, -0.25) is 9.88 Å². The summed E-state index contributed by atoms with van der Waals surface area (Å²) in [6.07, 6.45) is 4.31. The number of pyridine rings is 1. The van der Waals surface area contributed by atoms with Gasteiger partial charge in [0.2, 0.25) is 0 Å². The molecule has 0 aliphatic heterocycles. The Bertz CT molecular complexity index is 713. The second-order valence-corrected chi connectivity index (χ2v) is 5.31. The maximum absolute atomic E-state index is 4.43. The van der Waals surface area contributed by atoms with Crippen LogP contribution in [0, 0.1) is 0 Å². The summed E-state index contributed by atoms with van der Waals surface area (Å²) < 4.78 is 2.29. The van der Waals surface area contributed by atoms with E-state index in [0.717, 1.165) is 11.3 Å². The summed E-state index contributed by atoms with van der Waals surface area (Å²) in [6, 6.07) is 14.7. The van der Waals surface area contributed by atoms with E-state index in [1.54, 1.807) is 0 Å². The van der Waals surface area contributed by atoms with Gasteiger partial charge in [-0.25, -0.2) is 0 Å². The third-order valence-corrected chi connectivity index (χ3v) is 3.83. The number of benzene rings is 1. The van der Waals surface area contributed by atoms with Crippen molar-refractivity contribution in [1.82, 2.24) is 14.5 Å². The molecule has 3 nitrogen and oxygen atoms in total. The van der Waals surface area contributed by atoms with E-state index < -0.39 is 0 Å². The first-order valence-corrected chi connectivity index (χ1v) is 6.85. The van der Waals surface area contributed by atoms with Crippen molar-refractivity contribution < 1.29 is 0 Å². The minimum atomic E-state index is 0.325. The SMILES string of the molecule is CC(N(C)C)n1ccc2ccc(-c3ccccn3)cc21. The Labute approximate surface area is 119 Å². The van der Waals surface area contributed by atoms with Gasteiger partial charge in [-0.1, -0.05) is 18.2 Å². The van der Waals surface area contributed by atoms with Crippen molar-refractivity contribution in [2.45, 2.75) is 13.1 Å². The molecule has 0 fully saturated rings. The smallest absolute Gasteiger partial charge is 0.0830 e. The van der Waals surface area contributed by atoms with Gasteiger partial charge >= 0.3 is 0 Å². The van der Waals surface area contributed by atoms with Crippen molar-refractivity contribution in [3.63, 3.8) is 0 Å². The van der Waals surface area contributed by atoms with E-state index in [1.807, 2.05) is 24.4 Å². The second kappa shape index (κ2) is 5.10. The predicted molar refractivity (Wildman–Crippen MR) is 83.6 cm³/mol. The van der Waals surface area contributed by atoms with E-state index in [9.17, 15) is 0 Å². The fraction of sp³-hybridized carbons (Fsp3) is 0.235. The van der Waals surface area contributed by atoms with E-state index in [0.29, 0.717) is 6.17 Å². The fourth-order valence-corrected chi connectivity index (χ4v) is 2.42. The molecule has 20 heavy (non-hydrogen) atoms. The monoisotopic (exact) mass is 265 g/mol. The minimum absolute atomic E-state index is 0.325. The molecule has 0 aliphatic rings. The fourth-order valence-electron chi connectivity index (χ4n) is 2.42. The van der Waals surface area contributed by atoms with Crippen molar-refractivity contribution in [3.8, 4) is 11.3 Å². The van der Waals surface area contributed by atoms with Gasteiger partial charge in [0.15, 0.2) is 0 Å². The molecule has 0 saturated heterocycles. The van der Waals surface area contributed by atoms with Crippen LogP contribution in [0.2, 0.25) is 0 Å². The van der Waals surface area contributed by atoms with Gasteiger partial charge < -0.3 is 4.57 Å². The predicted octanol–water partition coefficient (Wildman–Crippen LogP) is 3.78. The van der Waals surface area contributed by atoms with Gasteiger partial charge in [0, 0.05) is 23.5 Å². The number of aromatic nitrogens is 2. The molecule has 2 aromatic heterocycles. The Balaban J connectivity index is 2.12. The molecule has 3 rings (SSSR count). The minimum Gasteiger partial charge on any atom is -0.332 e. The van der Waals surface area contributed by atoms with Crippen molar-refractivity contribution in [1.29, 1.82) is 0 Å². The molecule has 0 bridgehead atoms. The van der Waals surface area contributed by atoms with Crippen molar-refractivity contribution in [2.24, 2.45) is 0 Å². The number of fused-ring (bicyclic) bond motifs is 1. The first-order chi connectivity index (χ1) is 9.66. The highest BCUT2D eigenvalue weighted by atomic mass is 15.2. The quantitative estimate of drug-likeness (QED) is 0.718. The average molecular weight is 265 g/mol. The van der Waals surface area contributed by atoms with E-state index in [-0.39, 0.29) is 0 Å². The highest BCUT2D eigenvalue weighted by Gasteiger charge is 2.11. The first kappa shape index (κ1) is 12.9.